The van der Waals surface area contributed by atoms with Gasteiger partial charge in [0, 0.05) is 36.0 Å². The molecular formula is C24H24F2N4O. The quantitative estimate of drug-likeness (QED) is 0.614. The van der Waals surface area contributed by atoms with E-state index in [-0.39, 0.29) is 12.0 Å². The van der Waals surface area contributed by atoms with Gasteiger partial charge in [0.05, 0.1) is 18.1 Å². The van der Waals surface area contributed by atoms with Crippen LogP contribution in [0.2, 0.25) is 0 Å². The van der Waals surface area contributed by atoms with Crippen molar-refractivity contribution in [2.24, 2.45) is 5.16 Å². The van der Waals surface area contributed by atoms with Crippen molar-refractivity contribution in [3.8, 4) is 5.69 Å². The van der Waals surface area contributed by atoms with Crippen molar-refractivity contribution in [3.05, 3.63) is 82.9 Å². The van der Waals surface area contributed by atoms with Crippen molar-refractivity contribution in [2.45, 2.75) is 38.6 Å². The molecule has 2 atom stereocenters. The number of halogens is 2. The highest BCUT2D eigenvalue weighted by Gasteiger charge is 2.38. The first-order valence-electron chi connectivity index (χ1n) is 10.5. The molecule has 0 radical (unpaired) electrons. The minimum atomic E-state index is -0.543. The number of imidazole rings is 1. The Labute approximate surface area is 180 Å². The minimum absolute atomic E-state index is 0.0151. The first-order valence-corrected chi connectivity index (χ1v) is 10.5. The summed E-state index contributed by atoms with van der Waals surface area (Å²) in [5, 5.41) is 4.37. The smallest absolute Gasteiger partial charge is 0.175 e. The van der Waals surface area contributed by atoms with E-state index in [1.807, 2.05) is 30.1 Å². The fraction of sp³-hybridized carbons (Fsp3) is 0.333. The Hall–Kier alpha value is -3.22. The van der Waals surface area contributed by atoms with Gasteiger partial charge in [-0.15, -0.1) is 0 Å². The SMILES string of the molecule is Cc1cn(-c2ccc(C3=NOC[C@H]4C(c5cc(F)cc(F)c5)CCCN34)cc2C)cn1. The van der Waals surface area contributed by atoms with Gasteiger partial charge in [0.15, 0.2) is 5.84 Å². The second kappa shape index (κ2) is 7.80. The summed E-state index contributed by atoms with van der Waals surface area (Å²) in [4.78, 5) is 12.2. The highest BCUT2D eigenvalue weighted by Crippen LogP contribution is 2.36. The number of amidine groups is 1. The molecule has 0 bridgehead atoms. The maximum absolute atomic E-state index is 13.9. The van der Waals surface area contributed by atoms with Crippen LogP contribution >= 0.6 is 0 Å². The number of piperidine rings is 1. The van der Waals surface area contributed by atoms with Gasteiger partial charge in [0.1, 0.15) is 18.2 Å². The summed E-state index contributed by atoms with van der Waals surface area (Å²) in [5.41, 5.74) is 4.77. The fourth-order valence-corrected chi connectivity index (χ4v) is 4.79. The number of aryl methyl sites for hydroxylation is 2. The predicted molar refractivity (Wildman–Crippen MR) is 114 cm³/mol. The summed E-state index contributed by atoms with van der Waals surface area (Å²) in [6, 6.07) is 9.97. The fourth-order valence-electron chi connectivity index (χ4n) is 4.79. The van der Waals surface area contributed by atoms with Gasteiger partial charge in [-0.3, -0.25) is 0 Å². The molecule has 2 aliphatic heterocycles. The molecule has 1 aromatic heterocycles. The van der Waals surface area contributed by atoms with Crippen LogP contribution in [-0.2, 0) is 4.84 Å². The van der Waals surface area contributed by atoms with Gasteiger partial charge in [-0.2, -0.15) is 0 Å². The molecule has 2 aliphatic rings. The van der Waals surface area contributed by atoms with Gasteiger partial charge in [-0.1, -0.05) is 5.16 Å². The normalized spacial score (nSPS) is 20.8. The number of aromatic nitrogens is 2. The van der Waals surface area contributed by atoms with Crippen LogP contribution in [0.4, 0.5) is 8.78 Å². The Bertz CT molecular complexity index is 1140. The standard InChI is InChI=1S/C24H24F2N4O/c1-15-8-17(5-6-22(15)29-12-16(2)27-14-29)24-28-31-13-23-21(4-3-7-30(23)24)18-9-19(25)11-20(26)10-18/h5-6,8-12,14,21,23H,3-4,7,13H2,1-2H3/t21?,23-/m0/s1. The molecule has 5 rings (SSSR count). The topological polar surface area (TPSA) is 42.6 Å². The number of oxime groups is 1. The summed E-state index contributed by atoms with van der Waals surface area (Å²) in [6.45, 7) is 5.26. The minimum Gasteiger partial charge on any atom is -0.392 e. The highest BCUT2D eigenvalue weighted by atomic mass is 19.1. The molecule has 0 N–H and O–H groups in total. The van der Waals surface area contributed by atoms with Crippen molar-refractivity contribution < 1.29 is 13.6 Å². The van der Waals surface area contributed by atoms with E-state index in [1.54, 1.807) is 0 Å². The number of fused-ring (bicyclic) bond motifs is 1. The predicted octanol–water partition coefficient (Wildman–Crippen LogP) is 4.71. The average molecular weight is 422 g/mol. The Morgan fingerprint density at radius 2 is 1.87 bits per heavy atom. The van der Waals surface area contributed by atoms with Crippen LogP contribution in [0.5, 0.6) is 0 Å². The van der Waals surface area contributed by atoms with E-state index in [1.165, 1.54) is 12.1 Å². The van der Waals surface area contributed by atoms with Gasteiger partial charge in [-0.25, -0.2) is 13.8 Å². The van der Waals surface area contributed by atoms with E-state index >= 15 is 0 Å². The van der Waals surface area contributed by atoms with Crippen molar-refractivity contribution in [1.29, 1.82) is 0 Å². The van der Waals surface area contributed by atoms with Crippen LogP contribution in [0.1, 0.15) is 41.1 Å². The molecule has 0 amide bonds. The Morgan fingerprint density at radius 3 is 2.58 bits per heavy atom. The van der Waals surface area contributed by atoms with Crippen LogP contribution in [0.15, 0.2) is 54.1 Å². The molecule has 3 heterocycles. The van der Waals surface area contributed by atoms with Gasteiger partial charge < -0.3 is 14.3 Å². The third-order valence-electron chi connectivity index (χ3n) is 6.21. The summed E-state index contributed by atoms with van der Waals surface area (Å²) in [5.74, 6) is -0.328. The van der Waals surface area contributed by atoms with Gasteiger partial charge in [0.2, 0.25) is 0 Å². The lowest BCUT2D eigenvalue weighted by Gasteiger charge is -2.44. The average Bonchev–Trinajstić information content (AvgIpc) is 3.18. The van der Waals surface area contributed by atoms with Gasteiger partial charge in [0.25, 0.3) is 0 Å². The van der Waals surface area contributed by atoms with E-state index in [2.05, 4.69) is 34.1 Å². The van der Waals surface area contributed by atoms with Crippen molar-refractivity contribution >= 4 is 5.84 Å². The third kappa shape index (κ3) is 3.69. The van der Waals surface area contributed by atoms with Crippen LogP contribution in [0.3, 0.4) is 0 Å². The van der Waals surface area contributed by atoms with Crippen molar-refractivity contribution in [3.63, 3.8) is 0 Å². The zero-order chi connectivity index (χ0) is 21.5. The van der Waals surface area contributed by atoms with Crippen molar-refractivity contribution in [1.82, 2.24) is 14.5 Å². The van der Waals surface area contributed by atoms with Gasteiger partial charge >= 0.3 is 0 Å². The monoisotopic (exact) mass is 422 g/mol. The van der Waals surface area contributed by atoms with Crippen LogP contribution in [-0.4, -0.2) is 39.5 Å². The molecule has 7 heteroatoms. The van der Waals surface area contributed by atoms with Crippen LogP contribution in [0.25, 0.3) is 5.69 Å². The first-order chi connectivity index (χ1) is 15.0. The van der Waals surface area contributed by atoms with Crippen LogP contribution < -0.4 is 0 Å². The second-order valence-electron chi connectivity index (χ2n) is 8.35. The van der Waals surface area contributed by atoms with Gasteiger partial charge in [-0.05, 0) is 68.1 Å². The molecule has 1 fully saturated rings. The molecule has 160 valence electrons. The van der Waals surface area contributed by atoms with Crippen molar-refractivity contribution in [2.75, 3.05) is 13.2 Å². The molecule has 1 unspecified atom stereocenters. The third-order valence-corrected chi connectivity index (χ3v) is 6.21. The van der Waals surface area contributed by atoms with Crippen LogP contribution in [0, 0.1) is 25.5 Å². The molecule has 0 saturated carbocycles. The van der Waals surface area contributed by atoms with E-state index in [4.69, 9.17) is 4.84 Å². The van der Waals surface area contributed by atoms with E-state index in [9.17, 15) is 8.78 Å². The summed E-state index contributed by atoms with van der Waals surface area (Å²) < 4.78 is 29.7. The highest BCUT2D eigenvalue weighted by molar-refractivity contribution is 5.99. The largest absolute Gasteiger partial charge is 0.392 e. The Balaban J connectivity index is 1.46. The summed E-state index contributed by atoms with van der Waals surface area (Å²) >= 11 is 0. The lowest BCUT2D eigenvalue weighted by atomic mass is 9.83. The molecule has 31 heavy (non-hydrogen) atoms. The van der Waals surface area contributed by atoms with E-state index < -0.39 is 11.6 Å². The lowest BCUT2D eigenvalue weighted by Crippen LogP contribution is -2.52. The summed E-state index contributed by atoms with van der Waals surface area (Å²) in [7, 11) is 0. The molecule has 0 aliphatic carbocycles. The lowest BCUT2D eigenvalue weighted by molar-refractivity contribution is 0.0353. The Kier molecular flexibility index (Phi) is 4.96. The maximum atomic E-state index is 13.9. The number of hydrogen-bond donors (Lipinski definition) is 0. The molecule has 2 aromatic carbocycles. The first kappa shape index (κ1) is 19.7. The summed E-state index contributed by atoms with van der Waals surface area (Å²) in [6.07, 6.45) is 5.58. The molecular weight excluding hydrogens is 398 g/mol. The zero-order valence-corrected chi connectivity index (χ0v) is 17.6. The Morgan fingerprint density at radius 1 is 1.06 bits per heavy atom. The zero-order valence-electron chi connectivity index (χ0n) is 17.6. The number of rotatable bonds is 3. The van der Waals surface area contributed by atoms with E-state index in [0.717, 1.165) is 53.8 Å². The molecule has 5 nitrogen and oxygen atoms in total. The number of nitrogens with zero attached hydrogens (tertiary/aromatic N) is 4. The molecule has 3 aromatic rings. The molecule has 0 spiro atoms. The molecule has 1 saturated heterocycles. The second-order valence-corrected chi connectivity index (χ2v) is 8.35. The number of hydrogen-bond acceptors (Lipinski definition) is 4. The van der Waals surface area contributed by atoms with E-state index in [0.29, 0.717) is 12.2 Å². The number of benzene rings is 2. The maximum Gasteiger partial charge on any atom is 0.175 e.